The van der Waals surface area contributed by atoms with Crippen molar-refractivity contribution in [2.45, 2.75) is 77.8 Å². The third-order valence-corrected chi connectivity index (χ3v) is 10.3. The third-order valence-electron chi connectivity index (χ3n) is 9.67. The molecule has 8 atom stereocenters. The van der Waals surface area contributed by atoms with Crippen LogP contribution in [0.1, 0.15) is 67.2 Å². The summed E-state index contributed by atoms with van der Waals surface area (Å²) < 4.78 is 0.107. The minimum Gasteiger partial charge on any atom is -0.129 e. The summed E-state index contributed by atoms with van der Waals surface area (Å²) in [7, 11) is 1.29. The topological polar surface area (TPSA) is 0 Å². The Hall–Kier alpha value is 0.355. The van der Waals surface area contributed by atoms with Crippen LogP contribution in [0.15, 0.2) is 0 Å². The SMILES string of the molecule is CC1C(BC2(Cl)CC3CC(C2C)C3(C)C)CC2CC1C2(C)C. The Kier molecular flexibility index (Phi) is 3.24. The van der Waals surface area contributed by atoms with Crippen LogP contribution >= 0.6 is 11.6 Å². The molecule has 0 aromatic rings. The van der Waals surface area contributed by atoms with Crippen molar-refractivity contribution in [1.29, 1.82) is 0 Å². The van der Waals surface area contributed by atoms with Gasteiger partial charge < -0.3 is 0 Å². The van der Waals surface area contributed by atoms with Gasteiger partial charge in [0.05, 0.1) is 0 Å². The Morgan fingerprint density at radius 2 is 1.45 bits per heavy atom. The number of fused-ring (bicyclic) bond motifs is 4. The molecule has 2 heteroatoms. The molecule has 0 N–H and O–H groups in total. The second kappa shape index (κ2) is 4.50. The number of hydrogen-bond donors (Lipinski definition) is 0. The first-order chi connectivity index (χ1) is 10.1. The molecule has 124 valence electrons. The second-order valence-electron chi connectivity index (χ2n) is 10.8. The zero-order valence-corrected chi connectivity index (χ0v) is 16.2. The van der Waals surface area contributed by atoms with Crippen LogP contribution in [0.2, 0.25) is 5.82 Å². The monoisotopic (exact) mass is 320 g/mol. The van der Waals surface area contributed by atoms with Crippen molar-refractivity contribution < 1.29 is 0 Å². The molecule has 6 rings (SSSR count). The van der Waals surface area contributed by atoms with Gasteiger partial charge in [0, 0.05) is 4.77 Å². The maximum absolute atomic E-state index is 7.31. The van der Waals surface area contributed by atoms with Gasteiger partial charge in [0.15, 0.2) is 7.28 Å². The van der Waals surface area contributed by atoms with E-state index < -0.39 is 0 Å². The lowest BCUT2D eigenvalue weighted by atomic mass is 9.30. The van der Waals surface area contributed by atoms with E-state index in [1.54, 1.807) is 0 Å². The molecule has 4 bridgehead atoms. The van der Waals surface area contributed by atoms with Crippen LogP contribution in [0.4, 0.5) is 0 Å². The fourth-order valence-electron chi connectivity index (χ4n) is 7.44. The molecule has 0 spiro atoms. The van der Waals surface area contributed by atoms with Crippen molar-refractivity contribution in [2.24, 2.45) is 46.3 Å². The van der Waals surface area contributed by atoms with Gasteiger partial charge in [-0.2, -0.15) is 0 Å². The summed E-state index contributed by atoms with van der Waals surface area (Å²) in [6.07, 6.45) is 5.67. The van der Waals surface area contributed by atoms with Crippen LogP contribution in [-0.4, -0.2) is 12.1 Å². The Morgan fingerprint density at radius 1 is 0.864 bits per heavy atom. The standard InChI is InChI=1S/C20H34BCl/c1-11-15-7-13(18(15,3)4)9-17(11)21-20(22)10-14-8-16(12(20)2)19(14,5)6/h11-17,21H,7-10H2,1-6H3. The normalized spacial score (nSPS) is 57.5. The predicted molar refractivity (Wildman–Crippen MR) is 97.8 cm³/mol. The summed E-state index contributed by atoms with van der Waals surface area (Å²) in [6, 6.07) is 0. The van der Waals surface area contributed by atoms with Crippen molar-refractivity contribution in [3.63, 3.8) is 0 Å². The molecule has 22 heavy (non-hydrogen) atoms. The molecule has 0 aliphatic heterocycles. The van der Waals surface area contributed by atoms with E-state index in [4.69, 9.17) is 11.6 Å². The number of hydrogen-bond acceptors (Lipinski definition) is 0. The molecule has 0 saturated heterocycles. The Morgan fingerprint density at radius 3 is 1.95 bits per heavy atom. The van der Waals surface area contributed by atoms with Crippen molar-refractivity contribution >= 4 is 18.9 Å². The second-order valence-corrected chi connectivity index (χ2v) is 11.6. The van der Waals surface area contributed by atoms with Crippen LogP contribution in [0.3, 0.4) is 0 Å². The van der Waals surface area contributed by atoms with E-state index in [9.17, 15) is 0 Å². The van der Waals surface area contributed by atoms with Gasteiger partial charge in [-0.05, 0) is 65.6 Å². The summed E-state index contributed by atoms with van der Waals surface area (Å²) in [4.78, 5) is 0. The molecule has 6 saturated carbocycles. The maximum Gasteiger partial charge on any atom is 0.151 e. The zero-order chi connectivity index (χ0) is 16.1. The lowest BCUT2D eigenvalue weighted by molar-refractivity contribution is -0.110. The van der Waals surface area contributed by atoms with E-state index in [-0.39, 0.29) is 4.77 Å². The Balaban J connectivity index is 1.48. The predicted octanol–water partition coefficient (Wildman–Crippen LogP) is 5.55. The quantitative estimate of drug-likeness (QED) is 0.462. The van der Waals surface area contributed by atoms with E-state index in [2.05, 4.69) is 41.5 Å². The minimum absolute atomic E-state index is 0.107. The summed E-state index contributed by atoms with van der Waals surface area (Å²) in [5.41, 5.74) is 1.16. The zero-order valence-electron chi connectivity index (χ0n) is 15.5. The highest BCUT2D eigenvalue weighted by Gasteiger charge is 2.63. The maximum atomic E-state index is 7.31. The van der Waals surface area contributed by atoms with E-state index in [0.717, 1.165) is 35.4 Å². The molecule has 8 unspecified atom stereocenters. The van der Waals surface area contributed by atoms with Gasteiger partial charge in [-0.15, -0.1) is 11.6 Å². The van der Waals surface area contributed by atoms with Crippen molar-refractivity contribution in [3.05, 3.63) is 0 Å². The molecular formula is C20H34BCl. The molecule has 0 aromatic carbocycles. The number of rotatable bonds is 2. The fourth-order valence-corrected chi connectivity index (χ4v) is 7.98. The highest BCUT2D eigenvalue weighted by atomic mass is 35.5. The van der Waals surface area contributed by atoms with Crippen molar-refractivity contribution in [1.82, 2.24) is 0 Å². The van der Waals surface area contributed by atoms with E-state index in [0.29, 0.717) is 16.7 Å². The summed E-state index contributed by atoms with van der Waals surface area (Å²) in [6.45, 7) is 15.0. The van der Waals surface area contributed by atoms with Crippen LogP contribution < -0.4 is 0 Å². The molecule has 0 radical (unpaired) electrons. The van der Waals surface area contributed by atoms with Crippen LogP contribution in [-0.2, 0) is 0 Å². The molecule has 0 nitrogen and oxygen atoms in total. The molecule has 6 fully saturated rings. The first kappa shape index (κ1) is 15.9. The first-order valence-electron chi connectivity index (χ1n) is 9.76. The van der Waals surface area contributed by atoms with Gasteiger partial charge in [-0.1, -0.05) is 53.8 Å². The van der Waals surface area contributed by atoms with Gasteiger partial charge in [0.1, 0.15) is 0 Å². The average molecular weight is 321 g/mol. The van der Waals surface area contributed by atoms with E-state index in [1.165, 1.54) is 33.0 Å². The highest BCUT2D eigenvalue weighted by Crippen LogP contribution is 2.68. The lowest BCUT2D eigenvalue weighted by Gasteiger charge is -2.67. The molecule has 6 aliphatic carbocycles. The summed E-state index contributed by atoms with van der Waals surface area (Å²) in [5.74, 6) is 6.16. The minimum atomic E-state index is 0.107. The molecule has 6 aliphatic rings. The lowest BCUT2D eigenvalue weighted by Crippen LogP contribution is -2.63. The first-order valence-corrected chi connectivity index (χ1v) is 10.1. The van der Waals surface area contributed by atoms with Crippen molar-refractivity contribution in [2.75, 3.05) is 0 Å². The van der Waals surface area contributed by atoms with E-state index in [1.807, 2.05) is 0 Å². The number of halogens is 1. The van der Waals surface area contributed by atoms with Gasteiger partial charge >= 0.3 is 0 Å². The van der Waals surface area contributed by atoms with Crippen LogP contribution in [0, 0.1) is 46.3 Å². The Labute approximate surface area is 143 Å². The van der Waals surface area contributed by atoms with Crippen LogP contribution in [0.25, 0.3) is 0 Å². The van der Waals surface area contributed by atoms with E-state index >= 15 is 0 Å². The largest absolute Gasteiger partial charge is 0.151 e. The van der Waals surface area contributed by atoms with Crippen LogP contribution in [0.5, 0.6) is 0 Å². The van der Waals surface area contributed by atoms with Gasteiger partial charge in [0.25, 0.3) is 0 Å². The van der Waals surface area contributed by atoms with Gasteiger partial charge in [-0.3, -0.25) is 0 Å². The molecule has 0 amide bonds. The number of alkyl halides is 1. The molecular weight excluding hydrogens is 286 g/mol. The smallest absolute Gasteiger partial charge is 0.129 e. The average Bonchev–Trinajstić information content (AvgIpc) is 2.43. The molecule has 0 heterocycles. The molecule has 0 aromatic heterocycles. The fraction of sp³-hybridized carbons (Fsp3) is 1.00. The van der Waals surface area contributed by atoms with Gasteiger partial charge in [0.2, 0.25) is 0 Å². The van der Waals surface area contributed by atoms with Crippen molar-refractivity contribution in [3.8, 4) is 0 Å². The van der Waals surface area contributed by atoms with Gasteiger partial charge in [-0.25, -0.2) is 0 Å². The third kappa shape index (κ3) is 1.84. The Bertz CT molecular complexity index is 484. The summed E-state index contributed by atoms with van der Waals surface area (Å²) in [5, 5.41) is 0. The summed E-state index contributed by atoms with van der Waals surface area (Å²) >= 11 is 7.31. The highest BCUT2D eigenvalue weighted by molar-refractivity contribution is 6.58.